The second-order valence-electron chi connectivity index (χ2n) is 3.43. The molecule has 0 heterocycles. The summed E-state index contributed by atoms with van der Waals surface area (Å²) in [6.07, 6.45) is -0.939. The minimum absolute atomic E-state index is 0.667. The SMILES string of the molecule is NC(O)c1ccc(Oc2ccccc2)cc1. The summed E-state index contributed by atoms with van der Waals surface area (Å²) >= 11 is 0. The smallest absolute Gasteiger partial charge is 0.128 e. The van der Waals surface area contributed by atoms with E-state index in [0.29, 0.717) is 5.56 Å². The first-order valence-electron chi connectivity index (χ1n) is 5.02. The predicted octanol–water partition coefficient (Wildman–Crippen LogP) is 2.43. The van der Waals surface area contributed by atoms with Crippen molar-refractivity contribution in [3.8, 4) is 11.5 Å². The van der Waals surface area contributed by atoms with Crippen molar-refractivity contribution in [2.45, 2.75) is 6.23 Å². The molecule has 2 rings (SSSR count). The fraction of sp³-hybridized carbons (Fsp3) is 0.0769. The molecule has 0 spiro atoms. The highest BCUT2D eigenvalue weighted by molar-refractivity contribution is 5.33. The first kappa shape index (κ1) is 10.7. The quantitative estimate of drug-likeness (QED) is 0.773. The zero-order valence-corrected chi connectivity index (χ0v) is 8.71. The zero-order chi connectivity index (χ0) is 11.4. The van der Waals surface area contributed by atoms with Gasteiger partial charge in [-0.15, -0.1) is 0 Å². The number of rotatable bonds is 3. The van der Waals surface area contributed by atoms with Crippen LogP contribution in [-0.4, -0.2) is 5.11 Å². The lowest BCUT2D eigenvalue weighted by Gasteiger charge is -2.07. The van der Waals surface area contributed by atoms with Crippen LogP contribution in [0.1, 0.15) is 11.8 Å². The van der Waals surface area contributed by atoms with Crippen molar-refractivity contribution < 1.29 is 9.84 Å². The molecule has 0 saturated heterocycles. The van der Waals surface area contributed by atoms with E-state index in [4.69, 9.17) is 15.6 Å². The maximum absolute atomic E-state index is 9.14. The lowest BCUT2D eigenvalue weighted by atomic mass is 10.2. The van der Waals surface area contributed by atoms with Crippen LogP contribution in [0, 0.1) is 0 Å². The van der Waals surface area contributed by atoms with Crippen LogP contribution in [0.25, 0.3) is 0 Å². The molecule has 0 fully saturated rings. The van der Waals surface area contributed by atoms with Gasteiger partial charge in [0.05, 0.1) is 0 Å². The van der Waals surface area contributed by atoms with E-state index in [1.807, 2.05) is 30.3 Å². The topological polar surface area (TPSA) is 55.5 Å². The van der Waals surface area contributed by atoms with Gasteiger partial charge in [0.2, 0.25) is 0 Å². The molecule has 2 aromatic carbocycles. The summed E-state index contributed by atoms with van der Waals surface area (Å²) in [7, 11) is 0. The second kappa shape index (κ2) is 4.79. The summed E-state index contributed by atoms with van der Waals surface area (Å²) < 4.78 is 5.59. The average Bonchev–Trinajstić information content (AvgIpc) is 2.31. The Balaban J connectivity index is 2.11. The number of hydrogen-bond acceptors (Lipinski definition) is 3. The van der Waals surface area contributed by atoms with Gasteiger partial charge in [-0.05, 0) is 29.8 Å². The summed E-state index contributed by atoms with van der Waals surface area (Å²) in [5.41, 5.74) is 6.00. The Labute approximate surface area is 94.1 Å². The van der Waals surface area contributed by atoms with Crippen LogP contribution in [-0.2, 0) is 0 Å². The van der Waals surface area contributed by atoms with E-state index in [2.05, 4.69) is 0 Å². The molecule has 0 amide bonds. The molecular weight excluding hydrogens is 202 g/mol. The van der Waals surface area contributed by atoms with Crippen molar-refractivity contribution in [1.82, 2.24) is 0 Å². The van der Waals surface area contributed by atoms with E-state index in [1.165, 1.54) is 0 Å². The normalized spacial score (nSPS) is 12.1. The fourth-order valence-corrected chi connectivity index (χ4v) is 1.36. The van der Waals surface area contributed by atoms with E-state index in [0.717, 1.165) is 11.5 Å². The molecule has 0 saturated carbocycles. The van der Waals surface area contributed by atoms with Crippen LogP contribution in [0.3, 0.4) is 0 Å². The molecule has 16 heavy (non-hydrogen) atoms. The van der Waals surface area contributed by atoms with Gasteiger partial charge in [-0.25, -0.2) is 0 Å². The fourth-order valence-electron chi connectivity index (χ4n) is 1.36. The zero-order valence-electron chi connectivity index (χ0n) is 8.71. The number of ether oxygens (including phenoxy) is 1. The third-order valence-electron chi connectivity index (χ3n) is 2.20. The number of aliphatic hydroxyl groups excluding tert-OH is 1. The molecule has 3 N–H and O–H groups in total. The first-order chi connectivity index (χ1) is 7.75. The van der Waals surface area contributed by atoms with Crippen molar-refractivity contribution in [1.29, 1.82) is 0 Å². The summed E-state index contributed by atoms with van der Waals surface area (Å²) in [6.45, 7) is 0. The molecule has 1 unspecified atom stereocenters. The number of para-hydroxylation sites is 1. The number of nitrogens with two attached hydrogens (primary N) is 1. The van der Waals surface area contributed by atoms with Gasteiger partial charge in [0, 0.05) is 0 Å². The van der Waals surface area contributed by atoms with E-state index >= 15 is 0 Å². The molecule has 0 aliphatic carbocycles. The molecule has 3 heteroatoms. The minimum Gasteiger partial charge on any atom is -0.457 e. The maximum atomic E-state index is 9.14. The van der Waals surface area contributed by atoms with Gasteiger partial charge in [-0.3, -0.25) is 0 Å². The molecule has 3 nitrogen and oxygen atoms in total. The lowest BCUT2D eigenvalue weighted by molar-refractivity contribution is 0.186. The molecule has 0 radical (unpaired) electrons. The average molecular weight is 215 g/mol. The molecule has 1 atom stereocenters. The Hall–Kier alpha value is -1.84. The van der Waals surface area contributed by atoms with Gasteiger partial charge in [0.25, 0.3) is 0 Å². The third-order valence-corrected chi connectivity index (χ3v) is 2.20. The third kappa shape index (κ3) is 2.59. The highest BCUT2D eigenvalue weighted by Crippen LogP contribution is 2.21. The monoisotopic (exact) mass is 215 g/mol. The minimum atomic E-state index is -0.939. The van der Waals surface area contributed by atoms with Gasteiger partial charge in [-0.1, -0.05) is 30.3 Å². The van der Waals surface area contributed by atoms with Crippen molar-refractivity contribution in [3.05, 3.63) is 60.2 Å². The molecule has 0 bridgehead atoms. The van der Waals surface area contributed by atoms with Crippen LogP contribution in [0.5, 0.6) is 11.5 Å². The second-order valence-corrected chi connectivity index (χ2v) is 3.43. The highest BCUT2D eigenvalue weighted by Gasteiger charge is 2.01. The molecule has 0 aliphatic heterocycles. The summed E-state index contributed by atoms with van der Waals surface area (Å²) in [5, 5.41) is 9.14. The Morgan fingerprint density at radius 3 is 2.00 bits per heavy atom. The maximum Gasteiger partial charge on any atom is 0.128 e. The van der Waals surface area contributed by atoms with E-state index < -0.39 is 6.23 Å². The van der Waals surface area contributed by atoms with Gasteiger partial charge < -0.3 is 15.6 Å². The van der Waals surface area contributed by atoms with Gasteiger partial charge in [0.1, 0.15) is 17.7 Å². The van der Waals surface area contributed by atoms with Crippen molar-refractivity contribution in [2.24, 2.45) is 5.73 Å². The Kier molecular flexibility index (Phi) is 3.19. The van der Waals surface area contributed by atoms with Gasteiger partial charge in [-0.2, -0.15) is 0 Å². The van der Waals surface area contributed by atoms with E-state index in [9.17, 15) is 0 Å². The molecule has 2 aromatic rings. The first-order valence-corrected chi connectivity index (χ1v) is 5.02. The van der Waals surface area contributed by atoms with Crippen LogP contribution >= 0.6 is 0 Å². The van der Waals surface area contributed by atoms with Crippen molar-refractivity contribution >= 4 is 0 Å². The largest absolute Gasteiger partial charge is 0.457 e. The van der Waals surface area contributed by atoms with Gasteiger partial charge in [0.15, 0.2) is 0 Å². The number of aliphatic hydroxyl groups is 1. The Morgan fingerprint density at radius 2 is 1.44 bits per heavy atom. The Bertz CT molecular complexity index is 437. The van der Waals surface area contributed by atoms with E-state index in [1.54, 1.807) is 24.3 Å². The van der Waals surface area contributed by atoms with Crippen molar-refractivity contribution in [2.75, 3.05) is 0 Å². The molecule has 0 aliphatic rings. The molecular formula is C13H13NO2. The highest BCUT2D eigenvalue weighted by atomic mass is 16.5. The molecule has 0 aromatic heterocycles. The summed E-state index contributed by atoms with van der Waals surface area (Å²) in [6, 6.07) is 16.5. The van der Waals surface area contributed by atoms with Crippen LogP contribution in [0.2, 0.25) is 0 Å². The summed E-state index contributed by atoms with van der Waals surface area (Å²) in [4.78, 5) is 0. The number of benzene rings is 2. The number of hydrogen-bond donors (Lipinski definition) is 2. The van der Waals surface area contributed by atoms with Gasteiger partial charge >= 0.3 is 0 Å². The standard InChI is InChI=1S/C13H13NO2/c14-13(15)10-6-8-12(9-7-10)16-11-4-2-1-3-5-11/h1-9,13,15H,14H2. The van der Waals surface area contributed by atoms with Crippen molar-refractivity contribution in [3.63, 3.8) is 0 Å². The van der Waals surface area contributed by atoms with E-state index in [-0.39, 0.29) is 0 Å². The Morgan fingerprint density at radius 1 is 0.875 bits per heavy atom. The molecule has 82 valence electrons. The van der Waals surface area contributed by atoms with Crippen LogP contribution in [0.4, 0.5) is 0 Å². The summed E-state index contributed by atoms with van der Waals surface area (Å²) in [5.74, 6) is 1.50. The predicted molar refractivity (Wildman–Crippen MR) is 62.1 cm³/mol. The van der Waals surface area contributed by atoms with Crippen LogP contribution in [0.15, 0.2) is 54.6 Å². The lowest BCUT2D eigenvalue weighted by Crippen LogP contribution is -2.07. The van der Waals surface area contributed by atoms with Crippen LogP contribution < -0.4 is 10.5 Å².